The second-order valence-electron chi connectivity index (χ2n) is 3.26. The summed E-state index contributed by atoms with van der Waals surface area (Å²) in [6.45, 7) is -2.24. The Morgan fingerprint density at radius 2 is 1.89 bits per heavy atom. The molecule has 18 heavy (non-hydrogen) atoms. The third kappa shape index (κ3) is 3.53. The molecule has 0 saturated carbocycles. The van der Waals surface area contributed by atoms with Gasteiger partial charge in [0.15, 0.2) is 5.78 Å². The minimum absolute atomic E-state index is 0.0921. The van der Waals surface area contributed by atoms with Gasteiger partial charge in [-0.2, -0.15) is 22.0 Å². The molecule has 1 rings (SSSR count). The number of halogens is 6. The van der Waals surface area contributed by atoms with Gasteiger partial charge in [0.25, 0.3) is 0 Å². The molecule has 0 aromatic heterocycles. The molecule has 0 bridgehead atoms. The highest BCUT2D eigenvalue weighted by Gasteiger charge is 2.33. The van der Waals surface area contributed by atoms with E-state index in [1.54, 1.807) is 0 Å². The Balaban J connectivity index is 3.42. The van der Waals surface area contributed by atoms with E-state index < -0.39 is 29.9 Å². The minimum atomic E-state index is -4.70. The van der Waals surface area contributed by atoms with Crippen molar-refractivity contribution in [1.82, 2.24) is 0 Å². The molecule has 0 fully saturated rings. The molecule has 0 radical (unpaired) electrons. The fourth-order valence-corrected chi connectivity index (χ4v) is 2.26. The molecule has 8 heteroatoms. The lowest BCUT2D eigenvalue weighted by atomic mass is 10.1. The second-order valence-corrected chi connectivity index (χ2v) is 4.43. The van der Waals surface area contributed by atoms with Crippen LogP contribution in [-0.4, -0.2) is 12.4 Å². The van der Waals surface area contributed by atoms with Crippen LogP contribution < -0.4 is 4.74 Å². The molecule has 0 N–H and O–H groups in total. The number of ether oxygens (including phenoxy) is 1. The summed E-state index contributed by atoms with van der Waals surface area (Å²) in [5.74, 6) is -1.42. The van der Waals surface area contributed by atoms with Crippen LogP contribution in [0.15, 0.2) is 12.1 Å². The highest BCUT2D eigenvalue weighted by atomic mass is 127. The molecule has 0 amide bonds. The van der Waals surface area contributed by atoms with Gasteiger partial charge in [0, 0.05) is 3.57 Å². The number of carbonyl (C=O) groups is 1. The van der Waals surface area contributed by atoms with Crippen LogP contribution in [0.2, 0.25) is 0 Å². The zero-order valence-corrected chi connectivity index (χ0v) is 11.0. The molecule has 0 unspecified atom stereocenters. The normalized spacial score (nSPS) is 11.8. The number of alkyl halides is 5. The first-order chi connectivity index (χ1) is 8.12. The molecule has 0 atom stereocenters. The van der Waals surface area contributed by atoms with Crippen molar-refractivity contribution >= 4 is 28.4 Å². The predicted octanol–water partition coefficient (Wildman–Crippen LogP) is 4.11. The van der Waals surface area contributed by atoms with E-state index in [1.165, 1.54) is 22.6 Å². The molecular weight excluding hydrogens is 374 g/mol. The van der Waals surface area contributed by atoms with Crippen molar-refractivity contribution < 1.29 is 31.5 Å². The average molecular weight is 380 g/mol. The maximum atomic E-state index is 12.5. The van der Waals surface area contributed by atoms with E-state index in [1.807, 2.05) is 0 Å². The van der Waals surface area contributed by atoms with Crippen LogP contribution in [0.25, 0.3) is 0 Å². The van der Waals surface area contributed by atoms with Gasteiger partial charge in [-0.25, -0.2) is 0 Å². The van der Waals surface area contributed by atoms with E-state index in [4.69, 9.17) is 0 Å². The fourth-order valence-electron chi connectivity index (χ4n) is 1.28. The lowest BCUT2D eigenvalue weighted by molar-refractivity contribution is -0.138. The lowest BCUT2D eigenvalue weighted by Crippen LogP contribution is -2.12. The third-order valence-electron chi connectivity index (χ3n) is 1.95. The van der Waals surface area contributed by atoms with Crippen molar-refractivity contribution in [1.29, 1.82) is 0 Å². The molecule has 0 heterocycles. The largest absolute Gasteiger partial charge is 0.434 e. The summed E-state index contributed by atoms with van der Waals surface area (Å²) >= 11 is 1.47. The van der Waals surface area contributed by atoms with Gasteiger partial charge in [0.1, 0.15) is 5.75 Å². The van der Waals surface area contributed by atoms with Gasteiger partial charge in [0.2, 0.25) is 0 Å². The highest BCUT2D eigenvalue weighted by Crippen LogP contribution is 2.36. The Bertz CT molecular complexity index is 470. The summed E-state index contributed by atoms with van der Waals surface area (Å²) in [5.41, 5.74) is -1.43. The Kier molecular flexibility index (Phi) is 4.51. The fraction of sp³-hybridized carbons (Fsp3) is 0.300. The zero-order valence-electron chi connectivity index (χ0n) is 8.82. The number of Topliss-reactive ketones (excluding diaryl/α,β-unsaturated/α-hetero) is 1. The van der Waals surface area contributed by atoms with Crippen molar-refractivity contribution in [3.05, 3.63) is 26.8 Å². The first-order valence-corrected chi connectivity index (χ1v) is 5.57. The Morgan fingerprint density at radius 3 is 2.28 bits per heavy atom. The summed E-state index contributed by atoms with van der Waals surface area (Å²) in [5, 5.41) is 0. The number of rotatable bonds is 3. The molecule has 2 nitrogen and oxygen atoms in total. The molecule has 0 saturated heterocycles. The standard InChI is InChI=1S/C10H6F5IO2/c1-4(17)8-6(16)2-5(10(13,14)15)3-7(8)18-9(11)12/h2-3,9H,1H3. The summed E-state index contributed by atoms with van der Waals surface area (Å²) in [6.07, 6.45) is -4.70. The maximum absolute atomic E-state index is 12.5. The second kappa shape index (κ2) is 5.37. The minimum Gasteiger partial charge on any atom is -0.434 e. The summed E-state index contributed by atoms with van der Waals surface area (Å²) in [4.78, 5) is 11.2. The molecule has 0 aliphatic rings. The van der Waals surface area contributed by atoms with Crippen molar-refractivity contribution in [2.75, 3.05) is 0 Å². The van der Waals surface area contributed by atoms with Crippen LogP contribution in [0.1, 0.15) is 22.8 Å². The third-order valence-corrected chi connectivity index (χ3v) is 2.80. The van der Waals surface area contributed by atoms with Crippen molar-refractivity contribution in [3.63, 3.8) is 0 Å². The van der Waals surface area contributed by atoms with Crippen LogP contribution in [-0.2, 0) is 6.18 Å². The Labute approximate surface area is 112 Å². The number of hydrogen-bond acceptors (Lipinski definition) is 2. The van der Waals surface area contributed by atoms with Gasteiger partial charge in [-0.15, -0.1) is 0 Å². The van der Waals surface area contributed by atoms with Gasteiger partial charge in [0.05, 0.1) is 11.1 Å². The van der Waals surface area contributed by atoms with Crippen molar-refractivity contribution in [3.8, 4) is 5.75 Å². The van der Waals surface area contributed by atoms with E-state index in [9.17, 15) is 26.7 Å². The summed E-state index contributed by atoms with van der Waals surface area (Å²) in [7, 11) is 0. The van der Waals surface area contributed by atoms with Crippen LogP contribution in [0.5, 0.6) is 5.75 Å². The quantitative estimate of drug-likeness (QED) is 0.448. The van der Waals surface area contributed by atoms with Crippen LogP contribution >= 0.6 is 22.6 Å². The Morgan fingerprint density at radius 1 is 1.33 bits per heavy atom. The first-order valence-electron chi connectivity index (χ1n) is 4.49. The number of carbonyl (C=O) groups excluding carboxylic acids is 1. The first kappa shape index (κ1) is 15.1. The summed E-state index contributed by atoms with van der Waals surface area (Å²) < 4.78 is 65.5. The van der Waals surface area contributed by atoms with E-state index in [0.717, 1.165) is 6.92 Å². The lowest BCUT2D eigenvalue weighted by Gasteiger charge is -2.14. The highest BCUT2D eigenvalue weighted by molar-refractivity contribution is 14.1. The number of benzene rings is 1. The average Bonchev–Trinajstić information content (AvgIpc) is 2.13. The molecule has 1 aromatic carbocycles. The van der Waals surface area contributed by atoms with Crippen molar-refractivity contribution in [2.24, 2.45) is 0 Å². The van der Waals surface area contributed by atoms with Gasteiger partial charge >= 0.3 is 12.8 Å². The number of hydrogen-bond donors (Lipinski definition) is 0. The van der Waals surface area contributed by atoms with Crippen LogP contribution in [0.3, 0.4) is 0 Å². The zero-order chi connectivity index (χ0) is 14.1. The molecule has 100 valence electrons. The van der Waals surface area contributed by atoms with E-state index in [2.05, 4.69) is 4.74 Å². The SMILES string of the molecule is CC(=O)c1c(I)cc(C(F)(F)F)cc1OC(F)F. The maximum Gasteiger partial charge on any atom is 0.416 e. The van der Waals surface area contributed by atoms with Gasteiger partial charge in [-0.1, -0.05) is 0 Å². The summed E-state index contributed by atoms with van der Waals surface area (Å²) in [6, 6.07) is 1.10. The Hall–Kier alpha value is -0.930. The van der Waals surface area contributed by atoms with E-state index in [0.29, 0.717) is 12.1 Å². The number of ketones is 1. The smallest absolute Gasteiger partial charge is 0.416 e. The molecular formula is C10H6F5IO2. The van der Waals surface area contributed by atoms with E-state index >= 15 is 0 Å². The van der Waals surface area contributed by atoms with Gasteiger partial charge in [-0.3, -0.25) is 4.79 Å². The van der Waals surface area contributed by atoms with Crippen LogP contribution in [0, 0.1) is 3.57 Å². The van der Waals surface area contributed by atoms with E-state index in [-0.39, 0.29) is 9.13 Å². The molecule has 0 spiro atoms. The topological polar surface area (TPSA) is 26.3 Å². The molecule has 0 aliphatic carbocycles. The van der Waals surface area contributed by atoms with Crippen LogP contribution in [0.4, 0.5) is 22.0 Å². The monoisotopic (exact) mass is 380 g/mol. The predicted molar refractivity (Wildman–Crippen MR) is 60.8 cm³/mol. The van der Waals surface area contributed by atoms with Crippen molar-refractivity contribution in [2.45, 2.75) is 19.7 Å². The van der Waals surface area contributed by atoms with Gasteiger partial charge in [-0.05, 0) is 41.6 Å². The molecule has 0 aliphatic heterocycles. The van der Waals surface area contributed by atoms with Gasteiger partial charge < -0.3 is 4.74 Å². The molecule has 1 aromatic rings.